The van der Waals surface area contributed by atoms with Crippen LogP contribution in [0.1, 0.15) is 6.92 Å². The monoisotopic (exact) mass is 224 g/mol. The third-order valence-corrected chi connectivity index (χ3v) is 2.16. The first kappa shape index (κ1) is 12.4. The number of nitrogens with one attached hydrogen (secondary N) is 1. The van der Waals surface area contributed by atoms with Crippen LogP contribution >= 0.6 is 0 Å². The third-order valence-electron chi connectivity index (χ3n) is 2.16. The second kappa shape index (κ2) is 6.07. The summed E-state index contributed by atoms with van der Waals surface area (Å²) in [6, 6.07) is 0. The smallest absolute Gasteiger partial charge is 0.333 e. The number of methoxy groups -OCH3 is 1. The van der Waals surface area contributed by atoms with E-state index < -0.39 is 0 Å². The molecule has 0 aromatic heterocycles. The first-order chi connectivity index (χ1) is 7.69. The number of hydrogen-bond donors (Lipinski definition) is 1. The largest absolute Gasteiger partial charge is 0.490 e. The summed E-state index contributed by atoms with van der Waals surface area (Å²) < 4.78 is 10.1. The van der Waals surface area contributed by atoms with E-state index >= 15 is 0 Å². The predicted octanol–water partition coefficient (Wildman–Crippen LogP) is 0.638. The Bertz CT molecular complexity index is 345. The second-order valence-corrected chi connectivity index (χ2v) is 3.31. The van der Waals surface area contributed by atoms with E-state index in [1.807, 2.05) is 0 Å². The minimum absolute atomic E-state index is 0.378. The normalized spacial score (nSPS) is 17.5. The van der Waals surface area contributed by atoms with Gasteiger partial charge in [-0.05, 0) is 19.7 Å². The zero-order valence-electron chi connectivity index (χ0n) is 9.58. The van der Waals surface area contributed by atoms with Crippen LogP contribution in [0.25, 0.3) is 0 Å². The molecule has 1 aliphatic heterocycles. The summed E-state index contributed by atoms with van der Waals surface area (Å²) in [6.07, 6.45) is 1.63. The van der Waals surface area contributed by atoms with E-state index in [9.17, 15) is 4.79 Å². The standard InChI is InChI=1S/C11H16N2O3/c1-8(11(14)15-3)6-10-9(12-2)7-13-4-5-16-10/h6,13H,2,4-5,7H2,1,3H3/b8-6+. The first-order valence-electron chi connectivity index (χ1n) is 4.99. The maximum atomic E-state index is 11.2. The van der Waals surface area contributed by atoms with Crippen molar-refractivity contribution < 1.29 is 14.3 Å². The van der Waals surface area contributed by atoms with Gasteiger partial charge in [-0.3, -0.25) is 4.99 Å². The summed E-state index contributed by atoms with van der Waals surface area (Å²) in [5.41, 5.74) is 1.17. The van der Waals surface area contributed by atoms with E-state index in [4.69, 9.17) is 4.74 Å². The summed E-state index contributed by atoms with van der Waals surface area (Å²) in [5.74, 6) is 0.194. The average Bonchev–Trinajstić information content (AvgIpc) is 2.52. The zero-order valence-corrected chi connectivity index (χ0v) is 9.58. The lowest BCUT2D eigenvalue weighted by Gasteiger charge is -2.06. The number of carbonyl (C=O) groups is 1. The van der Waals surface area contributed by atoms with Crippen LogP contribution in [0.4, 0.5) is 0 Å². The molecule has 88 valence electrons. The van der Waals surface area contributed by atoms with Crippen LogP contribution in [-0.4, -0.2) is 39.5 Å². The molecule has 5 nitrogen and oxygen atoms in total. The van der Waals surface area contributed by atoms with Crippen LogP contribution in [0.5, 0.6) is 0 Å². The highest BCUT2D eigenvalue weighted by atomic mass is 16.5. The van der Waals surface area contributed by atoms with Gasteiger partial charge in [0.1, 0.15) is 12.4 Å². The topological polar surface area (TPSA) is 59.9 Å². The fourth-order valence-electron chi connectivity index (χ4n) is 1.29. The number of hydrogen-bond acceptors (Lipinski definition) is 5. The molecule has 1 N–H and O–H groups in total. The number of allylic oxidation sites excluding steroid dienone is 1. The van der Waals surface area contributed by atoms with Gasteiger partial charge in [0.15, 0.2) is 0 Å². The van der Waals surface area contributed by atoms with Gasteiger partial charge in [-0.15, -0.1) is 0 Å². The van der Waals surface area contributed by atoms with Crippen molar-refractivity contribution in [1.29, 1.82) is 0 Å². The van der Waals surface area contributed by atoms with Gasteiger partial charge in [0.2, 0.25) is 0 Å². The van der Waals surface area contributed by atoms with Gasteiger partial charge in [0, 0.05) is 18.7 Å². The van der Waals surface area contributed by atoms with Gasteiger partial charge in [0.05, 0.1) is 12.8 Å². The van der Waals surface area contributed by atoms with Crippen molar-refractivity contribution in [3.8, 4) is 0 Å². The van der Waals surface area contributed by atoms with Gasteiger partial charge >= 0.3 is 5.97 Å². The maximum absolute atomic E-state index is 11.2. The van der Waals surface area contributed by atoms with Crippen LogP contribution < -0.4 is 5.32 Å². The average molecular weight is 224 g/mol. The molecule has 0 bridgehead atoms. The molecular weight excluding hydrogens is 208 g/mol. The molecule has 0 aromatic rings. The molecule has 0 fully saturated rings. The van der Waals surface area contributed by atoms with Gasteiger partial charge in [-0.1, -0.05) is 0 Å². The van der Waals surface area contributed by atoms with Gasteiger partial charge in [-0.25, -0.2) is 4.79 Å². The molecule has 0 spiro atoms. The number of aliphatic imine (C=N–C) groups is 1. The molecule has 0 radical (unpaired) electrons. The van der Waals surface area contributed by atoms with Crippen molar-refractivity contribution in [2.75, 3.05) is 26.8 Å². The highest BCUT2D eigenvalue weighted by Gasteiger charge is 2.11. The Morgan fingerprint density at radius 2 is 2.44 bits per heavy atom. The van der Waals surface area contributed by atoms with Crippen molar-refractivity contribution in [3.63, 3.8) is 0 Å². The van der Waals surface area contributed by atoms with Gasteiger partial charge < -0.3 is 14.8 Å². The molecule has 0 unspecified atom stereocenters. The van der Waals surface area contributed by atoms with Crippen molar-refractivity contribution >= 4 is 12.7 Å². The molecule has 0 saturated carbocycles. The molecule has 0 saturated heterocycles. The molecule has 16 heavy (non-hydrogen) atoms. The highest BCUT2D eigenvalue weighted by Crippen LogP contribution is 2.13. The van der Waals surface area contributed by atoms with Gasteiger partial charge in [-0.2, -0.15) is 0 Å². The van der Waals surface area contributed by atoms with E-state index in [1.165, 1.54) is 7.11 Å². The van der Waals surface area contributed by atoms with Crippen molar-refractivity contribution in [2.45, 2.75) is 6.92 Å². The molecule has 1 rings (SSSR count). The number of nitrogens with zero attached hydrogens (tertiary/aromatic N) is 1. The maximum Gasteiger partial charge on any atom is 0.333 e. The minimum atomic E-state index is -0.378. The van der Waals surface area contributed by atoms with Crippen molar-refractivity contribution in [2.24, 2.45) is 4.99 Å². The number of carbonyl (C=O) groups excluding carboxylic acids is 1. The third kappa shape index (κ3) is 3.20. The Hall–Kier alpha value is -1.62. The van der Waals surface area contributed by atoms with Crippen molar-refractivity contribution in [1.82, 2.24) is 5.32 Å². The van der Waals surface area contributed by atoms with Crippen LogP contribution in [0.3, 0.4) is 0 Å². The zero-order chi connectivity index (χ0) is 12.0. The fourth-order valence-corrected chi connectivity index (χ4v) is 1.29. The molecular formula is C11H16N2O3. The summed E-state index contributed by atoms with van der Waals surface area (Å²) >= 11 is 0. The molecule has 0 aliphatic carbocycles. The number of ether oxygens (including phenoxy) is 2. The van der Waals surface area contributed by atoms with Gasteiger partial charge in [0.25, 0.3) is 0 Å². The quantitative estimate of drug-likeness (QED) is 0.434. The van der Waals surface area contributed by atoms with Crippen LogP contribution in [0.15, 0.2) is 28.1 Å². The Morgan fingerprint density at radius 3 is 3.06 bits per heavy atom. The summed E-state index contributed by atoms with van der Waals surface area (Å²) in [7, 11) is 1.34. The minimum Gasteiger partial charge on any atom is -0.490 e. The fraction of sp³-hybridized carbons (Fsp3) is 0.455. The molecule has 0 atom stereocenters. The molecule has 5 heteroatoms. The first-order valence-corrected chi connectivity index (χ1v) is 4.99. The van der Waals surface area contributed by atoms with E-state index in [0.29, 0.717) is 30.2 Å². The molecule has 1 aliphatic rings. The number of esters is 1. The molecule has 0 amide bonds. The Morgan fingerprint density at radius 1 is 1.69 bits per heavy atom. The lowest BCUT2D eigenvalue weighted by atomic mass is 10.2. The Labute approximate surface area is 94.8 Å². The van der Waals surface area contributed by atoms with E-state index in [0.717, 1.165) is 6.54 Å². The van der Waals surface area contributed by atoms with E-state index in [-0.39, 0.29) is 5.97 Å². The van der Waals surface area contributed by atoms with Crippen molar-refractivity contribution in [3.05, 3.63) is 23.1 Å². The number of rotatable bonds is 3. The SMILES string of the molecule is C=NC1=C(/C=C(\C)C(=O)OC)OCCNC1. The van der Waals surface area contributed by atoms with E-state index in [1.54, 1.807) is 13.0 Å². The molecule has 1 heterocycles. The van der Waals surface area contributed by atoms with Crippen LogP contribution in [-0.2, 0) is 14.3 Å². The second-order valence-electron chi connectivity index (χ2n) is 3.31. The summed E-state index contributed by atoms with van der Waals surface area (Å²) in [4.78, 5) is 15.1. The predicted molar refractivity (Wildman–Crippen MR) is 61.2 cm³/mol. The van der Waals surface area contributed by atoms with Crippen LogP contribution in [0.2, 0.25) is 0 Å². The Kier molecular flexibility index (Phi) is 4.72. The summed E-state index contributed by atoms with van der Waals surface area (Å²) in [6.45, 7) is 7.01. The lowest BCUT2D eigenvalue weighted by molar-refractivity contribution is -0.136. The molecule has 0 aromatic carbocycles. The summed E-state index contributed by atoms with van der Waals surface area (Å²) in [5, 5.41) is 3.13. The van der Waals surface area contributed by atoms with E-state index in [2.05, 4.69) is 21.8 Å². The Balaban J connectivity index is 2.93. The lowest BCUT2D eigenvalue weighted by Crippen LogP contribution is -2.17. The van der Waals surface area contributed by atoms with Crippen LogP contribution in [0, 0.1) is 0 Å². The highest BCUT2D eigenvalue weighted by molar-refractivity contribution is 5.88.